The maximum atomic E-state index is 10.9. The second-order valence-electron chi connectivity index (χ2n) is 2.98. The second kappa shape index (κ2) is 5.18. The Hall–Kier alpha value is -1.27. The number of hydrazone groups is 1. The van der Waals surface area contributed by atoms with E-state index in [1.165, 1.54) is 0 Å². The molecule has 0 amide bonds. The van der Waals surface area contributed by atoms with Crippen molar-refractivity contribution in [2.75, 3.05) is 18.8 Å². The van der Waals surface area contributed by atoms with Gasteiger partial charge in [-0.05, 0) is 35.9 Å². The summed E-state index contributed by atoms with van der Waals surface area (Å²) in [7, 11) is -1.90. The number of methoxy groups -OCH3 is 1. The number of hydrogen-bond acceptors (Lipinski definition) is 5. The van der Waals surface area contributed by atoms with Crippen molar-refractivity contribution in [3.05, 3.63) is 24.3 Å². The van der Waals surface area contributed by atoms with Crippen molar-refractivity contribution in [2.45, 2.75) is 0 Å². The smallest absolute Gasteiger partial charge is 0.240 e. The lowest BCUT2D eigenvalue weighted by Gasteiger charge is -2.02. The van der Waals surface area contributed by atoms with Crippen molar-refractivity contribution >= 4 is 31.6 Å². The van der Waals surface area contributed by atoms with Gasteiger partial charge >= 0.3 is 0 Å². The SMILES string of the molecule is COc1ccc(NN=C(Cl)S(C)(=O)=O)cc1. The van der Waals surface area contributed by atoms with Crippen LogP contribution in [0.3, 0.4) is 0 Å². The number of halogens is 1. The molecule has 0 atom stereocenters. The number of anilines is 1. The summed E-state index contributed by atoms with van der Waals surface area (Å²) in [6.07, 6.45) is 0.981. The van der Waals surface area contributed by atoms with Gasteiger partial charge in [0.25, 0.3) is 0 Å². The summed E-state index contributed by atoms with van der Waals surface area (Å²) in [6, 6.07) is 6.81. The standard InChI is InChI=1S/C9H11ClN2O3S/c1-15-8-5-3-7(4-6-8)11-12-9(10)16(2,13)14/h3-6,11H,1-2H3. The van der Waals surface area contributed by atoms with E-state index in [9.17, 15) is 8.42 Å². The van der Waals surface area contributed by atoms with Crippen LogP contribution >= 0.6 is 11.6 Å². The molecule has 0 saturated heterocycles. The largest absolute Gasteiger partial charge is 0.497 e. The monoisotopic (exact) mass is 262 g/mol. The highest BCUT2D eigenvalue weighted by atomic mass is 35.5. The first-order chi connectivity index (χ1) is 7.43. The molecule has 0 bridgehead atoms. The van der Waals surface area contributed by atoms with Crippen LogP contribution in [0.15, 0.2) is 29.4 Å². The molecule has 7 heteroatoms. The Balaban J connectivity index is 2.75. The van der Waals surface area contributed by atoms with Gasteiger partial charge in [-0.2, -0.15) is 5.10 Å². The molecule has 88 valence electrons. The average molecular weight is 263 g/mol. The van der Waals surface area contributed by atoms with E-state index in [-0.39, 0.29) is 0 Å². The quantitative estimate of drug-likeness (QED) is 0.511. The second-order valence-corrected chi connectivity index (χ2v) is 5.49. The van der Waals surface area contributed by atoms with Gasteiger partial charge in [0.2, 0.25) is 14.3 Å². The normalized spacial score (nSPS) is 12.3. The summed E-state index contributed by atoms with van der Waals surface area (Å²) in [5, 5.41) is 3.52. The van der Waals surface area contributed by atoms with Crippen molar-refractivity contribution in [1.29, 1.82) is 0 Å². The first kappa shape index (κ1) is 12.8. The minimum absolute atomic E-state index is 0.483. The summed E-state index contributed by atoms with van der Waals surface area (Å²) >= 11 is 5.44. The molecule has 0 spiro atoms. The van der Waals surface area contributed by atoms with Crippen LogP contribution in [0.5, 0.6) is 5.75 Å². The fraction of sp³-hybridized carbons (Fsp3) is 0.222. The number of nitrogens with zero attached hydrogens (tertiary/aromatic N) is 1. The van der Waals surface area contributed by atoms with E-state index in [1.54, 1.807) is 31.4 Å². The molecule has 1 rings (SSSR count). The molecule has 16 heavy (non-hydrogen) atoms. The molecule has 0 saturated carbocycles. The predicted molar refractivity (Wildman–Crippen MR) is 64.7 cm³/mol. The summed E-state index contributed by atoms with van der Waals surface area (Å²) < 4.78 is 26.3. The summed E-state index contributed by atoms with van der Waals surface area (Å²) in [5.41, 5.74) is 3.14. The van der Waals surface area contributed by atoms with E-state index in [1.807, 2.05) is 0 Å². The number of rotatable bonds is 3. The lowest BCUT2D eigenvalue weighted by atomic mass is 10.3. The van der Waals surface area contributed by atoms with Gasteiger partial charge in [-0.15, -0.1) is 0 Å². The van der Waals surface area contributed by atoms with Crippen molar-refractivity contribution < 1.29 is 13.2 Å². The maximum Gasteiger partial charge on any atom is 0.240 e. The molecule has 0 aliphatic carbocycles. The molecule has 0 heterocycles. The minimum Gasteiger partial charge on any atom is -0.497 e. The number of nitrogens with one attached hydrogen (secondary N) is 1. The van der Waals surface area contributed by atoms with Crippen LogP contribution in [0, 0.1) is 0 Å². The molecular formula is C9H11ClN2O3S. The Bertz CT molecular complexity index is 482. The highest BCUT2D eigenvalue weighted by Gasteiger charge is 2.09. The van der Waals surface area contributed by atoms with E-state index in [2.05, 4.69) is 10.5 Å². The molecule has 5 nitrogen and oxygen atoms in total. The predicted octanol–water partition coefficient (Wildman–Crippen LogP) is 1.66. The Morgan fingerprint density at radius 3 is 2.38 bits per heavy atom. The van der Waals surface area contributed by atoms with Crippen LogP contribution in [-0.2, 0) is 9.84 Å². The number of ether oxygens (including phenoxy) is 1. The zero-order valence-electron chi connectivity index (χ0n) is 8.77. The van der Waals surface area contributed by atoms with Gasteiger partial charge in [0.15, 0.2) is 0 Å². The molecule has 1 aromatic carbocycles. The van der Waals surface area contributed by atoms with E-state index in [0.29, 0.717) is 11.4 Å². The van der Waals surface area contributed by atoms with Gasteiger partial charge in [-0.25, -0.2) is 8.42 Å². The maximum absolute atomic E-state index is 10.9. The van der Waals surface area contributed by atoms with E-state index >= 15 is 0 Å². The Morgan fingerprint density at radius 1 is 1.38 bits per heavy atom. The third kappa shape index (κ3) is 3.71. The van der Waals surface area contributed by atoms with Crippen molar-refractivity contribution in [1.82, 2.24) is 0 Å². The van der Waals surface area contributed by atoms with Crippen LogP contribution in [0.1, 0.15) is 0 Å². The van der Waals surface area contributed by atoms with Crippen LogP contribution in [-0.4, -0.2) is 26.3 Å². The van der Waals surface area contributed by atoms with E-state index in [0.717, 1.165) is 6.26 Å². The van der Waals surface area contributed by atoms with Gasteiger partial charge < -0.3 is 4.74 Å². The summed E-state index contributed by atoms with van der Waals surface area (Å²) in [6.45, 7) is 0. The molecule has 0 aliphatic rings. The molecule has 0 radical (unpaired) electrons. The third-order valence-corrected chi connectivity index (χ3v) is 3.30. The van der Waals surface area contributed by atoms with Gasteiger partial charge in [-0.3, -0.25) is 5.43 Å². The molecule has 0 fully saturated rings. The van der Waals surface area contributed by atoms with Gasteiger partial charge in [0.05, 0.1) is 12.8 Å². The highest BCUT2D eigenvalue weighted by Crippen LogP contribution is 2.15. The number of benzene rings is 1. The number of sulfone groups is 1. The lowest BCUT2D eigenvalue weighted by molar-refractivity contribution is 0.415. The molecule has 1 N–H and O–H groups in total. The fourth-order valence-electron chi connectivity index (χ4n) is 0.857. The van der Waals surface area contributed by atoms with Crippen LogP contribution in [0.2, 0.25) is 0 Å². The van der Waals surface area contributed by atoms with Gasteiger partial charge in [0.1, 0.15) is 5.75 Å². The Kier molecular flexibility index (Phi) is 4.14. The van der Waals surface area contributed by atoms with Crippen LogP contribution in [0.4, 0.5) is 5.69 Å². The summed E-state index contributed by atoms with van der Waals surface area (Å²) in [4.78, 5) is 0. The molecule has 1 aromatic rings. The zero-order chi connectivity index (χ0) is 12.2. The topological polar surface area (TPSA) is 67.8 Å². The zero-order valence-corrected chi connectivity index (χ0v) is 10.3. The molecular weight excluding hydrogens is 252 g/mol. The molecule has 0 aromatic heterocycles. The van der Waals surface area contributed by atoms with E-state index in [4.69, 9.17) is 16.3 Å². The van der Waals surface area contributed by atoms with E-state index < -0.39 is 14.3 Å². The van der Waals surface area contributed by atoms with Gasteiger partial charge in [0, 0.05) is 6.26 Å². The Labute approximate surface area is 99.0 Å². The minimum atomic E-state index is -3.46. The van der Waals surface area contributed by atoms with Crippen LogP contribution in [0.25, 0.3) is 0 Å². The average Bonchev–Trinajstić information content (AvgIpc) is 2.25. The Morgan fingerprint density at radius 2 is 1.94 bits per heavy atom. The molecule has 0 aliphatic heterocycles. The first-order valence-corrected chi connectivity index (χ1v) is 6.54. The van der Waals surface area contributed by atoms with Crippen LogP contribution < -0.4 is 10.2 Å². The van der Waals surface area contributed by atoms with Crippen molar-refractivity contribution in [2.24, 2.45) is 5.10 Å². The lowest BCUT2D eigenvalue weighted by Crippen LogP contribution is -2.07. The first-order valence-electron chi connectivity index (χ1n) is 4.27. The van der Waals surface area contributed by atoms with Crippen molar-refractivity contribution in [3.63, 3.8) is 0 Å². The van der Waals surface area contributed by atoms with Crippen molar-refractivity contribution in [3.8, 4) is 5.75 Å². The highest BCUT2D eigenvalue weighted by molar-refractivity contribution is 8.08. The molecule has 0 unspecified atom stereocenters. The fourth-order valence-corrected chi connectivity index (χ4v) is 1.11. The summed E-state index contributed by atoms with van der Waals surface area (Å²) in [5.74, 6) is 0.698. The number of hydrogen-bond donors (Lipinski definition) is 1. The third-order valence-electron chi connectivity index (χ3n) is 1.67. The van der Waals surface area contributed by atoms with Gasteiger partial charge in [-0.1, -0.05) is 0 Å².